The fraction of sp³-hybridized carbons (Fsp3) is 0.300. The second-order valence-electron chi connectivity index (χ2n) is 6.46. The Labute approximate surface area is 141 Å². The molecule has 1 aliphatic rings. The second-order valence-corrected chi connectivity index (χ2v) is 6.46. The Kier molecular flexibility index (Phi) is 3.81. The molecule has 0 spiro atoms. The van der Waals surface area contributed by atoms with Gasteiger partial charge in [-0.15, -0.1) is 0 Å². The van der Waals surface area contributed by atoms with Crippen molar-refractivity contribution in [3.63, 3.8) is 0 Å². The lowest BCUT2D eigenvalue weighted by Crippen LogP contribution is -2.36. The molecule has 0 N–H and O–H groups in total. The van der Waals surface area contributed by atoms with E-state index in [1.165, 1.54) is 16.7 Å². The Balaban J connectivity index is 1.45. The number of hydrogen-bond acceptors (Lipinski definition) is 2. The van der Waals surface area contributed by atoms with Crippen molar-refractivity contribution in [2.24, 2.45) is 0 Å². The Morgan fingerprint density at radius 3 is 2.83 bits per heavy atom. The molecule has 3 aromatic rings. The van der Waals surface area contributed by atoms with Crippen LogP contribution in [0, 0.1) is 6.92 Å². The Morgan fingerprint density at radius 1 is 1.12 bits per heavy atom. The highest BCUT2D eigenvalue weighted by atomic mass is 16.2. The van der Waals surface area contributed by atoms with Gasteiger partial charge in [-0.2, -0.15) is 5.10 Å². The topological polar surface area (TPSA) is 38.1 Å². The van der Waals surface area contributed by atoms with Crippen molar-refractivity contribution < 1.29 is 4.79 Å². The predicted octanol–water partition coefficient (Wildman–Crippen LogP) is 3.32. The molecule has 4 heteroatoms. The van der Waals surface area contributed by atoms with Crippen LogP contribution in [-0.2, 0) is 24.3 Å². The van der Waals surface area contributed by atoms with Crippen LogP contribution in [0.15, 0.2) is 48.7 Å². The van der Waals surface area contributed by atoms with Crippen LogP contribution in [0.1, 0.15) is 23.1 Å². The van der Waals surface area contributed by atoms with Crippen LogP contribution in [0.2, 0.25) is 0 Å². The fourth-order valence-corrected chi connectivity index (χ4v) is 3.57. The maximum absolute atomic E-state index is 12.6. The molecule has 0 bridgehead atoms. The molecule has 4 rings (SSSR count). The number of benzene rings is 2. The Bertz CT molecular complexity index is 897. The SMILES string of the molecule is Cc1cccc2cnn(CCC(=O)N3CCc4ccccc4C3)c12. The minimum atomic E-state index is 0.210. The van der Waals surface area contributed by atoms with Gasteiger partial charge in [0.1, 0.15) is 0 Å². The van der Waals surface area contributed by atoms with Gasteiger partial charge in [0.05, 0.1) is 18.3 Å². The smallest absolute Gasteiger partial charge is 0.224 e. The molecule has 0 atom stereocenters. The number of aromatic nitrogens is 2. The van der Waals surface area contributed by atoms with Crippen molar-refractivity contribution in [3.8, 4) is 0 Å². The molecule has 0 unspecified atom stereocenters. The van der Waals surface area contributed by atoms with Crippen LogP contribution in [0.3, 0.4) is 0 Å². The van der Waals surface area contributed by atoms with Gasteiger partial charge >= 0.3 is 0 Å². The molecule has 122 valence electrons. The summed E-state index contributed by atoms with van der Waals surface area (Å²) < 4.78 is 1.96. The predicted molar refractivity (Wildman–Crippen MR) is 94.7 cm³/mol. The molecule has 0 saturated carbocycles. The van der Waals surface area contributed by atoms with Gasteiger partial charge in [0.25, 0.3) is 0 Å². The first-order chi connectivity index (χ1) is 11.7. The first-order valence-corrected chi connectivity index (χ1v) is 8.48. The monoisotopic (exact) mass is 319 g/mol. The number of amides is 1. The summed E-state index contributed by atoms with van der Waals surface area (Å²) in [5.74, 6) is 0.210. The van der Waals surface area contributed by atoms with Crippen LogP contribution in [0.4, 0.5) is 0 Å². The number of nitrogens with zero attached hydrogens (tertiary/aromatic N) is 3. The van der Waals surface area contributed by atoms with Gasteiger partial charge in [-0.3, -0.25) is 9.48 Å². The fourth-order valence-electron chi connectivity index (χ4n) is 3.57. The Morgan fingerprint density at radius 2 is 1.96 bits per heavy atom. The van der Waals surface area contributed by atoms with E-state index < -0.39 is 0 Å². The van der Waals surface area contributed by atoms with Crippen LogP contribution in [-0.4, -0.2) is 27.1 Å². The number of fused-ring (bicyclic) bond motifs is 2. The summed E-state index contributed by atoms with van der Waals surface area (Å²) in [5.41, 5.74) is 4.98. The van der Waals surface area contributed by atoms with E-state index in [2.05, 4.69) is 42.4 Å². The average molecular weight is 319 g/mol. The van der Waals surface area contributed by atoms with E-state index in [0.717, 1.165) is 30.4 Å². The lowest BCUT2D eigenvalue weighted by atomic mass is 10.00. The molecule has 1 aliphatic heterocycles. The van der Waals surface area contributed by atoms with Gasteiger partial charge in [0.15, 0.2) is 0 Å². The zero-order valence-electron chi connectivity index (χ0n) is 13.9. The second kappa shape index (κ2) is 6.11. The first kappa shape index (κ1) is 14.9. The number of para-hydroxylation sites is 1. The minimum Gasteiger partial charge on any atom is -0.338 e. The molecular formula is C20H21N3O. The zero-order chi connectivity index (χ0) is 16.5. The molecule has 0 fully saturated rings. The van der Waals surface area contributed by atoms with Gasteiger partial charge in [-0.05, 0) is 30.0 Å². The van der Waals surface area contributed by atoms with Gasteiger partial charge in [-0.25, -0.2) is 0 Å². The molecule has 2 aromatic carbocycles. The number of carbonyl (C=O) groups is 1. The van der Waals surface area contributed by atoms with Crippen molar-refractivity contribution in [1.29, 1.82) is 0 Å². The summed E-state index contributed by atoms with van der Waals surface area (Å²) >= 11 is 0. The molecule has 1 amide bonds. The quantitative estimate of drug-likeness (QED) is 0.743. The van der Waals surface area contributed by atoms with Crippen molar-refractivity contribution in [3.05, 3.63) is 65.4 Å². The van der Waals surface area contributed by atoms with E-state index in [1.807, 2.05) is 27.9 Å². The molecule has 24 heavy (non-hydrogen) atoms. The van der Waals surface area contributed by atoms with Gasteiger partial charge < -0.3 is 4.90 Å². The number of aryl methyl sites for hydroxylation is 2. The van der Waals surface area contributed by atoms with Crippen molar-refractivity contribution in [2.45, 2.75) is 32.9 Å². The van der Waals surface area contributed by atoms with E-state index in [9.17, 15) is 4.79 Å². The first-order valence-electron chi connectivity index (χ1n) is 8.48. The third kappa shape index (κ3) is 2.68. The molecular weight excluding hydrogens is 298 g/mol. The van der Waals surface area contributed by atoms with Gasteiger partial charge in [-0.1, -0.05) is 42.5 Å². The molecule has 0 aliphatic carbocycles. The largest absolute Gasteiger partial charge is 0.338 e. The molecule has 1 aromatic heterocycles. The summed E-state index contributed by atoms with van der Waals surface area (Å²) in [6.45, 7) is 4.26. The van der Waals surface area contributed by atoms with E-state index in [4.69, 9.17) is 0 Å². The standard InChI is InChI=1S/C20H21N3O/c1-15-5-4-8-17-13-21-23(20(15)17)12-10-19(24)22-11-9-16-6-2-3-7-18(16)14-22/h2-8,13H,9-12,14H2,1H3. The molecule has 2 heterocycles. The van der Waals surface area contributed by atoms with E-state index in [1.54, 1.807) is 0 Å². The highest BCUT2D eigenvalue weighted by Gasteiger charge is 2.20. The number of hydrogen-bond donors (Lipinski definition) is 0. The molecule has 0 radical (unpaired) electrons. The van der Waals surface area contributed by atoms with E-state index in [0.29, 0.717) is 13.0 Å². The maximum Gasteiger partial charge on any atom is 0.224 e. The lowest BCUT2D eigenvalue weighted by molar-refractivity contribution is -0.132. The zero-order valence-corrected chi connectivity index (χ0v) is 13.9. The normalized spacial score (nSPS) is 14.0. The summed E-state index contributed by atoms with van der Waals surface area (Å²) in [7, 11) is 0. The van der Waals surface area contributed by atoms with Crippen molar-refractivity contribution >= 4 is 16.8 Å². The third-order valence-electron chi connectivity index (χ3n) is 4.88. The van der Waals surface area contributed by atoms with Crippen LogP contribution >= 0.6 is 0 Å². The lowest BCUT2D eigenvalue weighted by Gasteiger charge is -2.29. The molecule has 0 saturated heterocycles. The minimum absolute atomic E-state index is 0.210. The highest BCUT2D eigenvalue weighted by Crippen LogP contribution is 2.20. The Hall–Kier alpha value is -2.62. The van der Waals surface area contributed by atoms with E-state index >= 15 is 0 Å². The van der Waals surface area contributed by atoms with Crippen LogP contribution < -0.4 is 0 Å². The maximum atomic E-state index is 12.6. The summed E-state index contributed by atoms with van der Waals surface area (Å²) in [4.78, 5) is 14.6. The summed E-state index contributed by atoms with van der Waals surface area (Å²) in [5, 5.41) is 5.59. The number of rotatable bonds is 3. The van der Waals surface area contributed by atoms with Crippen LogP contribution in [0.25, 0.3) is 10.9 Å². The van der Waals surface area contributed by atoms with E-state index in [-0.39, 0.29) is 5.91 Å². The third-order valence-corrected chi connectivity index (χ3v) is 4.88. The van der Waals surface area contributed by atoms with Gasteiger partial charge in [0, 0.05) is 24.9 Å². The average Bonchev–Trinajstić information content (AvgIpc) is 3.04. The van der Waals surface area contributed by atoms with Crippen molar-refractivity contribution in [1.82, 2.24) is 14.7 Å². The summed E-state index contributed by atoms with van der Waals surface area (Å²) in [6.07, 6.45) is 3.32. The van der Waals surface area contributed by atoms with Crippen LogP contribution in [0.5, 0.6) is 0 Å². The number of carbonyl (C=O) groups excluding carboxylic acids is 1. The van der Waals surface area contributed by atoms with Gasteiger partial charge in [0.2, 0.25) is 5.91 Å². The molecule has 4 nitrogen and oxygen atoms in total. The highest BCUT2D eigenvalue weighted by molar-refractivity contribution is 5.82. The van der Waals surface area contributed by atoms with Crippen molar-refractivity contribution in [2.75, 3.05) is 6.54 Å². The summed E-state index contributed by atoms with van der Waals surface area (Å²) in [6, 6.07) is 14.6.